The van der Waals surface area contributed by atoms with Crippen molar-refractivity contribution in [3.05, 3.63) is 104 Å². The van der Waals surface area contributed by atoms with E-state index in [4.69, 9.17) is 0 Å². The highest BCUT2D eigenvalue weighted by molar-refractivity contribution is 8.08. The first-order valence-corrected chi connectivity index (χ1v) is 14.0. The Labute approximate surface area is 218 Å². The van der Waals surface area contributed by atoms with E-state index in [0.29, 0.717) is 0 Å². The molecular formula is C26H25N3O4S3. The quantitative estimate of drug-likeness (QED) is 0.287. The molecule has 0 fully saturated rings. The molecule has 0 unspecified atom stereocenters. The minimum Gasteiger partial charge on any atom is -0.744 e. The molecule has 0 spiro atoms. The zero-order chi connectivity index (χ0) is 26.0. The predicted octanol–water partition coefficient (Wildman–Crippen LogP) is 2.31. The Bertz CT molecular complexity index is 1710. The fourth-order valence-electron chi connectivity index (χ4n) is 3.55. The average molecular weight is 540 g/mol. The second-order valence-corrected chi connectivity index (χ2v) is 11.7. The van der Waals surface area contributed by atoms with Gasteiger partial charge in [0, 0.05) is 37.2 Å². The van der Waals surface area contributed by atoms with Gasteiger partial charge in [-0.3, -0.25) is 4.79 Å². The van der Waals surface area contributed by atoms with Gasteiger partial charge in [-0.1, -0.05) is 41.6 Å². The van der Waals surface area contributed by atoms with Crippen LogP contribution in [-0.4, -0.2) is 24.6 Å². The maximum atomic E-state index is 12.8. The summed E-state index contributed by atoms with van der Waals surface area (Å²) in [5.74, 6) is 0. The third kappa shape index (κ3) is 5.46. The first-order valence-electron chi connectivity index (χ1n) is 11.0. The second kappa shape index (κ2) is 10.4. The molecule has 0 saturated heterocycles. The van der Waals surface area contributed by atoms with E-state index in [2.05, 4.69) is 23.1 Å². The summed E-state index contributed by atoms with van der Waals surface area (Å²) < 4.78 is 36.7. The number of aromatic nitrogens is 2. The first kappa shape index (κ1) is 25.9. The molecule has 0 aliphatic carbocycles. The molecule has 1 aliphatic rings. The zero-order valence-corrected chi connectivity index (χ0v) is 22.7. The summed E-state index contributed by atoms with van der Waals surface area (Å²) in [5.41, 5.74) is 3.19. The number of thioether (sulfide) groups is 1. The van der Waals surface area contributed by atoms with Gasteiger partial charge in [-0.25, -0.2) is 13.0 Å². The molecule has 7 nitrogen and oxygen atoms in total. The van der Waals surface area contributed by atoms with Crippen molar-refractivity contribution in [3.8, 4) is 0 Å². The predicted molar refractivity (Wildman–Crippen MR) is 143 cm³/mol. The van der Waals surface area contributed by atoms with E-state index >= 15 is 0 Å². The lowest BCUT2D eigenvalue weighted by atomic mass is 10.2. The van der Waals surface area contributed by atoms with Crippen LogP contribution in [0.25, 0.3) is 11.1 Å². The Morgan fingerprint density at radius 2 is 1.64 bits per heavy atom. The molecule has 3 heterocycles. The topological polar surface area (TPSA) is 86.3 Å². The highest BCUT2D eigenvalue weighted by atomic mass is 32.2. The number of fused-ring (bicyclic) bond motifs is 1. The van der Waals surface area contributed by atoms with Crippen molar-refractivity contribution in [3.63, 3.8) is 0 Å². The number of pyridine rings is 1. The van der Waals surface area contributed by atoms with Gasteiger partial charge in [0.2, 0.25) is 5.69 Å². The van der Waals surface area contributed by atoms with E-state index < -0.39 is 10.1 Å². The number of anilines is 1. The van der Waals surface area contributed by atoms with Gasteiger partial charge in [-0.2, -0.15) is 0 Å². The lowest BCUT2D eigenvalue weighted by Gasteiger charge is -2.11. The van der Waals surface area contributed by atoms with Crippen molar-refractivity contribution in [1.29, 1.82) is 0 Å². The fourth-order valence-corrected chi connectivity index (χ4v) is 6.41. The van der Waals surface area contributed by atoms with Gasteiger partial charge in [0.1, 0.15) is 31.4 Å². The molecule has 1 aliphatic heterocycles. The molecule has 0 N–H and O–H groups in total. The van der Waals surface area contributed by atoms with E-state index in [1.165, 1.54) is 17.0 Å². The first-order chi connectivity index (χ1) is 17.1. The number of nitrogens with zero attached hydrogens (tertiary/aromatic N) is 3. The number of aryl methyl sites for hydroxylation is 2. The van der Waals surface area contributed by atoms with Gasteiger partial charge < -0.3 is 14.0 Å². The molecule has 0 amide bonds. The van der Waals surface area contributed by atoms with Gasteiger partial charge in [0.25, 0.3) is 5.56 Å². The Balaban J connectivity index is 0.000000233. The summed E-state index contributed by atoms with van der Waals surface area (Å²) in [6.45, 7) is 1.82. The summed E-state index contributed by atoms with van der Waals surface area (Å²) in [5, 5.41) is 1.00. The van der Waals surface area contributed by atoms with E-state index in [-0.39, 0.29) is 10.5 Å². The third-order valence-corrected chi connectivity index (χ3v) is 9.03. The second-order valence-electron chi connectivity index (χ2n) is 8.22. The highest BCUT2D eigenvalue weighted by Gasteiger charge is 2.24. The molecule has 0 saturated carbocycles. The number of para-hydroxylation sites is 1. The van der Waals surface area contributed by atoms with Crippen LogP contribution in [-0.2, 0) is 24.2 Å². The van der Waals surface area contributed by atoms with Crippen LogP contribution >= 0.6 is 23.1 Å². The monoisotopic (exact) mass is 539 g/mol. The molecule has 2 aromatic carbocycles. The summed E-state index contributed by atoms with van der Waals surface area (Å²) >= 11 is 3.21. The van der Waals surface area contributed by atoms with Crippen LogP contribution in [0.5, 0.6) is 0 Å². The molecule has 5 rings (SSSR count). The minimum absolute atomic E-state index is 0.0528. The highest BCUT2D eigenvalue weighted by Crippen LogP contribution is 2.44. The Kier molecular flexibility index (Phi) is 7.51. The molecule has 0 atom stereocenters. The minimum atomic E-state index is -4.27. The lowest BCUT2D eigenvalue weighted by molar-refractivity contribution is -0.673. The van der Waals surface area contributed by atoms with E-state index in [1.807, 2.05) is 69.2 Å². The van der Waals surface area contributed by atoms with Crippen molar-refractivity contribution >= 4 is 50.0 Å². The fraction of sp³-hybridized carbons (Fsp3) is 0.154. The summed E-state index contributed by atoms with van der Waals surface area (Å²) in [6, 6.07) is 20.1. The van der Waals surface area contributed by atoms with E-state index in [0.717, 1.165) is 31.2 Å². The Morgan fingerprint density at radius 1 is 0.972 bits per heavy atom. The van der Waals surface area contributed by atoms with Crippen LogP contribution in [0.3, 0.4) is 0 Å². The number of rotatable bonds is 2. The van der Waals surface area contributed by atoms with Gasteiger partial charge >= 0.3 is 0 Å². The van der Waals surface area contributed by atoms with Crippen LogP contribution in [0.4, 0.5) is 5.69 Å². The van der Waals surface area contributed by atoms with E-state index in [1.54, 1.807) is 39.8 Å². The number of benzene rings is 2. The smallest absolute Gasteiger partial charge is 0.271 e. The number of thiazole rings is 1. The zero-order valence-electron chi connectivity index (χ0n) is 20.2. The third-order valence-electron chi connectivity index (χ3n) is 5.64. The Hall–Kier alpha value is -3.18. The molecular weight excluding hydrogens is 515 g/mol. The van der Waals surface area contributed by atoms with Crippen molar-refractivity contribution < 1.29 is 17.5 Å². The SMILES string of the molecule is CN1/C(=c2\s/c(=C\c3cccc[n+]3C)n(C)c2=O)Sc2ccccc21.Cc1ccc(S(=O)(=O)[O-])cc1. The van der Waals surface area contributed by atoms with Crippen molar-refractivity contribution in [2.24, 2.45) is 14.1 Å². The van der Waals surface area contributed by atoms with Gasteiger partial charge in [0.15, 0.2) is 6.20 Å². The lowest BCUT2D eigenvalue weighted by Crippen LogP contribution is -2.33. The standard InChI is InChI=1S/C19H18N3OS2.C7H8O3S/c1-20-11-7-6-8-13(20)12-16-22(3)18(23)17(25-16)19-21(2)14-9-4-5-10-15(14)24-19;1-6-2-4-7(5-3-6)11(8,9)10/h4-12H,1-3H3;2-5H,1H3,(H,8,9,10)/q+1;/p-1/b19-17+;. The van der Waals surface area contributed by atoms with Crippen molar-refractivity contribution in [2.75, 3.05) is 11.9 Å². The molecule has 186 valence electrons. The van der Waals surface area contributed by atoms with Crippen LogP contribution < -0.4 is 24.2 Å². The molecule has 2 aromatic heterocycles. The van der Waals surface area contributed by atoms with E-state index in [9.17, 15) is 17.8 Å². The molecule has 36 heavy (non-hydrogen) atoms. The van der Waals surface area contributed by atoms with Gasteiger partial charge in [0.05, 0.1) is 10.6 Å². The van der Waals surface area contributed by atoms with Crippen LogP contribution in [0.15, 0.2) is 87.5 Å². The van der Waals surface area contributed by atoms with Gasteiger partial charge in [-0.05, 0) is 37.3 Å². The average Bonchev–Trinajstić information content (AvgIpc) is 3.32. The van der Waals surface area contributed by atoms with Crippen LogP contribution in [0, 0.1) is 6.92 Å². The summed E-state index contributed by atoms with van der Waals surface area (Å²) in [7, 11) is 1.59. The van der Waals surface area contributed by atoms with Crippen molar-refractivity contribution in [1.82, 2.24) is 4.57 Å². The van der Waals surface area contributed by atoms with Crippen LogP contribution in [0.2, 0.25) is 0 Å². The maximum absolute atomic E-state index is 12.8. The Morgan fingerprint density at radius 3 is 2.28 bits per heavy atom. The largest absolute Gasteiger partial charge is 0.744 e. The molecule has 4 aromatic rings. The summed E-state index contributed by atoms with van der Waals surface area (Å²) in [6.07, 6.45) is 4.06. The number of hydrogen-bond acceptors (Lipinski definition) is 7. The maximum Gasteiger partial charge on any atom is 0.271 e. The van der Waals surface area contributed by atoms with Gasteiger partial charge in [-0.15, -0.1) is 11.3 Å². The van der Waals surface area contributed by atoms with Crippen LogP contribution in [0.1, 0.15) is 11.3 Å². The molecule has 10 heteroatoms. The molecule has 0 bridgehead atoms. The number of hydrogen-bond donors (Lipinski definition) is 0. The van der Waals surface area contributed by atoms with Crippen molar-refractivity contribution in [2.45, 2.75) is 16.7 Å². The molecule has 0 radical (unpaired) electrons. The summed E-state index contributed by atoms with van der Waals surface area (Å²) in [4.78, 5) is 16.0. The normalized spacial score (nSPS) is 14.9.